The van der Waals surface area contributed by atoms with Crippen LogP contribution in [-0.2, 0) is 4.79 Å². The fourth-order valence-electron chi connectivity index (χ4n) is 4.43. The van der Waals surface area contributed by atoms with Gasteiger partial charge in [-0.1, -0.05) is 18.2 Å². The normalized spacial score (nSPS) is 16.1. The number of rotatable bonds is 4. The van der Waals surface area contributed by atoms with E-state index < -0.39 is 11.7 Å². The largest absolute Gasteiger partial charge is 0.359 e. The highest BCUT2D eigenvalue weighted by Gasteiger charge is 2.34. The Hall–Kier alpha value is -3.78. The van der Waals surface area contributed by atoms with Crippen molar-refractivity contribution in [3.05, 3.63) is 76.9 Å². The fourth-order valence-corrected chi connectivity index (χ4v) is 5.36. The number of nitrogens with one attached hydrogen (secondary N) is 1. The third kappa shape index (κ3) is 3.90. The lowest BCUT2D eigenvalue weighted by Gasteiger charge is -2.39. The number of piperazine rings is 1. The minimum Gasteiger partial charge on any atom is -0.359 e. The molecular formula is C26H24N4O3S. The van der Waals surface area contributed by atoms with Crippen LogP contribution in [-0.4, -0.2) is 63.0 Å². The fraction of sp³-hybridized carbons (Fsp3) is 0.231. The van der Waals surface area contributed by atoms with Gasteiger partial charge in [-0.3, -0.25) is 19.4 Å². The maximum absolute atomic E-state index is 13.2. The molecule has 0 aliphatic carbocycles. The number of hydrogen-bond acceptors (Lipinski definition) is 5. The second-order valence-electron chi connectivity index (χ2n) is 8.57. The molecule has 0 bridgehead atoms. The third-order valence-electron chi connectivity index (χ3n) is 6.20. The Morgan fingerprint density at radius 2 is 1.91 bits per heavy atom. The van der Waals surface area contributed by atoms with E-state index in [2.05, 4.69) is 21.4 Å². The molecule has 172 valence electrons. The molecule has 1 fully saturated rings. The van der Waals surface area contributed by atoms with Gasteiger partial charge in [-0.15, -0.1) is 11.3 Å². The van der Waals surface area contributed by atoms with E-state index >= 15 is 0 Å². The molecule has 0 saturated carbocycles. The number of carbonyl (C=O) groups is 3. The van der Waals surface area contributed by atoms with Crippen molar-refractivity contribution >= 4 is 40.0 Å². The van der Waals surface area contributed by atoms with Gasteiger partial charge in [-0.2, -0.15) is 0 Å². The Kier molecular flexibility index (Phi) is 5.75. The van der Waals surface area contributed by atoms with Crippen LogP contribution in [0, 0.1) is 6.92 Å². The van der Waals surface area contributed by atoms with Crippen molar-refractivity contribution in [1.29, 1.82) is 0 Å². The molecule has 1 aromatic carbocycles. The number of nitrogens with zero attached hydrogens (tertiary/aromatic N) is 3. The van der Waals surface area contributed by atoms with Gasteiger partial charge in [0, 0.05) is 54.1 Å². The average Bonchev–Trinajstić information content (AvgIpc) is 3.49. The molecule has 0 radical (unpaired) electrons. The first-order valence-electron chi connectivity index (χ1n) is 11.1. The number of Topliss-reactive ketones (excluding diaryl/α,β-unsaturated/α-hetero) is 1. The number of H-pyrrole nitrogens is 1. The summed E-state index contributed by atoms with van der Waals surface area (Å²) in [7, 11) is 0. The molecule has 34 heavy (non-hydrogen) atoms. The zero-order valence-electron chi connectivity index (χ0n) is 18.9. The summed E-state index contributed by atoms with van der Waals surface area (Å²) in [5, 5.41) is 2.07. The molecule has 1 saturated heterocycles. The van der Waals surface area contributed by atoms with Gasteiger partial charge in [-0.05, 0) is 49.1 Å². The zero-order chi connectivity index (χ0) is 23.8. The van der Waals surface area contributed by atoms with Crippen LogP contribution < -0.4 is 0 Å². The van der Waals surface area contributed by atoms with Crippen molar-refractivity contribution in [3.63, 3.8) is 0 Å². The number of amides is 2. The van der Waals surface area contributed by atoms with Crippen LogP contribution in [0.4, 0.5) is 0 Å². The van der Waals surface area contributed by atoms with Crippen molar-refractivity contribution in [1.82, 2.24) is 19.8 Å². The molecule has 3 aromatic heterocycles. The SMILES string of the molecule is Cc1csc(-c2ccnc3c(C(=O)C(=O)N4CCN(C(=O)c5ccccc5)C[C@H]4C)c[nH]c23)c1. The number of pyridine rings is 1. The van der Waals surface area contributed by atoms with Gasteiger partial charge >= 0.3 is 0 Å². The molecule has 4 heterocycles. The maximum Gasteiger partial charge on any atom is 0.295 e. The van der Waals surface area contributed by atoms with Crippen LogP contribution in [0.2, 0.25) is 0 Å². The number of aryl methyl sites for hydroxylation is 1. The van der Waals surface area contributed by atoms with Crippen molar-refractivity contribution in [3.8, 4) is 10.4 Å². The van der Waals surface area contributed by atoms with Gasteiger partial charge in [0.15, 0.2) is 0 Å². The highest BCUT2D eigenvalue weighted by atomic mass is 32.1. The monoisotopic (exact) mass is 472 g/mol. The van der Waals surface area contributed by atoms with Crippen LogP contribution in [0.3, 0.4) is 0 Å². The van der Waals surface area contributed by atoms with Crippen LogP contribution in [0.5, 0.6) is 0 Å². The number of fused-ring (bicyclic) bond motifs is 1. The number of ketones is 1. The first kappa shape index (κ1) is 22.0. The maximum atomic E-state index is 13.2. The first-order chi connectivity index (χ1) is 16.4. The number of thiophene rings is 1. The molecule has 1 aliphatic heterocycles. The average molecular weight is 473 g/mol. The van der Waals surface area contributed by atoms with Gasteiger partial charge in [0.1, 0.15) is 0 Å². The van der Waals surface area contributed by atoms with Crippen LogP contribution in [0.1, 0.15) is 33.2 Å². The van der Waals surface area contributed by atoms with E-state index in [-0.39, 0.29) is 17.5 Å². The van der Waals surface area contributed by atoms with E-state index in [0.29, 0.717) is 30.7 Å². The summed E-state index contributed by atoms with van der Waals surface area (Å²) >= 11 is 1.63. The predicted molar refractivity (Wildman–Crippen MR) is 132 cm³/mol. The van der Waals surface area contributed by atoms with Crippen molar-refractivity contribution in [2.45, 2.75) is 19.9 Å². The highest BCUT2D eigenvalue weighted by molar-refractivity contribution is 7.13. The minimum atomic E-state index is -0.590. The molecule has 1 atom stereocenters. The Morgan fingerprint density at radius 1 is 1.12 bits per heavy atom. The standard InChI is InChI=1S/C26H24N4O3S/c1-16-12-21(34-15-16)19-8-9-27-23-20(13-28-22(19)23)24(31)26(33)30-11-10-29(14-17(30)2)25(32)18-6-4-3-5-7-18/h3-9,12-13,15,17,28H,10-11,14H2,1-2H3/t17-/m1/s1. The van der Waals surface area contributed by atoms with E-state index in [4.69, 9.17) is 0 Å². The summed E-state index contributed by atoms with van der Waals surface area (Å²) in [4.78, 5) is 51.1. The molecule has 0 spiro atoms. The van der Waals surface area contributed by atoms with Crippen molar-refractivity contribution < 1.29 is 14.4 Å². The highest BCUT2D eigenvalue weighted by Crippen LogP contribution is 2.33. The lowest BCUT2D eigenvalue weighted by molar-refractivity contribution is -0.130. The molecule has 2 amide bonds. The van der Waals surface area contributed by atoms with Gasteiger partial charge in [0.25, 0.3) is 17.6 Å². The molecule has 1 aliphatic rings. The van der Waals surface area contributed by atoms with Gasteiger partial charge in [0.05, 0.1) is 16.6 Å². The van der Waals surface area contributed by atoms with Crippen molar-refractivity contribution in [2.75, 3.05) is 19.6 Å². The lowest BCUT2D eigenvalue weighted by atomic mass is 10.1. The molecule has 7 nitrogen and oxygen atoms in total. The second-order valence-corrected chi connectivity index (χ2v) is 9.48. The molecule has 5 rings (SSSR count). The number of hydrogen-bond donors (Lipinski definition) is 1. The Balaban J connectivity index is 1.35. The minimum absolute atomic E-state index is 0.0666. The van der Waals surface area contributed by atoms with E-state index in [1.807, 2.05) is 38.1 Å². The van der Waals surface area contributed by atoms with E-state index in [9.17, 15) is 14.4 Å². The summed E-state index contributed by atoms with van der Waals surface area (Å²) in [5.41, 5.74) is 4.24. The van der Waals surface area contributed by atoms with Crippen LogP contribution >= 0.6 is 11.3 Å². The van der Waals surface area contributed by atoms with Crippen LogP contribution in [0.15, 0.2) is 60.2 Å². The molecule has 8 heteroatoms. The topological polar surface area (TPSA) is 86.4 Å². The quantitative estimate of drug-likeness (QED) is 0.357. The van der Waals surface area contributed by atoms with E-state index in [0.717, 1.165) is 16.0 Å². The molecule has 4 aromatic rings. The lowest BCUT2D eigenvalue weighted by Crippen LogP contribution is -2.56. The number of carbonyl (C=O) groups excluding carboxylic acids is 3. The Morgan fingerprint density at radius 3 is 2.62 bits per heavy atom. The second kappa shape index (κ2) is 8.87. The first-order valence-corrected chi connectivity index (χ1v) is 12.0. The summed E-state index contributed by atoms with van der Waals surface area (Å²) in [6.07, 6.45) is 3.24. The van der Waals surface area contributed by atoms with Gasteiger partial charge in [0.2, 0.25) is 0 Å². The van der Waals surface area contributed by atoms with Gasteiger partial charge in [-0.25, -0.2) is 0 Å². The summed E-state index contributed by atoms with van der Waals surface area (Å²) in [5.74, 6) is -1.23. The third-order valence-corrected chi connectivity index (χ3v) is 7.28. The van der Waals surface area contributed by atoms with E-state index in [1.54, 1.807) is 45.7 Å². The van der Waals surface area contributed by atoms with Crippen LogP contribution in [0.25, 0.3) is 21.5 Å². The Bertz CT molecular complexity index is 1390. The van der Waals surface area contributed by atoms with Gasteiger partial charge < -0.3 is 14.8 Å². The number of aromatic nitrogens is 2. The Labute approximate surface area is 201 Å². The summed E-state index contributed by atoms with van der Waals surface area (Å²) in [6, 6.07) is 12.8. The smallest absolute Gasteiger partial charge is 0.295 e. The zero-order valence-corrected chi connectivity index (χ0v) is 19.8. The number of aromatic amines is 1. The van der Waals surface area contributed by atoms with Crippen molar-refractivity contribution in [2.24, 2.45) is 0 Å². The number of benzene rings is 1. The summed E-state index contributed by atoms with van der Waals surface area (Å²) in [6.45, 7) is 4.96. The molecule has 1 N–H and O–H groups in total. The molecule has 0 unspecified atom stereocenters. The molecular weight excluding hydrogens is 448 g/mol. The predicted octanol–water partition coefficient (Wildman–Crippen LogP) is 4.16. The van der Waals surface area contributed by atoms with E-state index in [1.165, 1.54) is 5.56 Å². The summed E-state index contributed by atoms with van der Waals surface area (Å²) < 4.78 is 0.